The van der Waals surface area contributed by atoms with E-state index in [0.29, 0.717) is 14.9 Å². The van der Waals surface area contributed by atoms with E-state index in [0.717, 1.165) is 0 Å². The summed E-state index contributed by atoms with van der Waals surface area (Å²) in [5, 5.41) is 9.63. The number of carboxylic acids is 1. The summed E-state index contributed by atoms with van der Waals surface area (Å²) in [4.78, 5) is 22.0. The van der Waals surface area contributed by atoms with Gasteiger partial charge in [-0.3, -0.25) is 0 Å². The summed E-state index contributed by atoms with van der Waals surface area (Å²) < 4.78 is 5.40. The molecule has 0 atom stereocenters. The maximum Gasteiger partial charge on any atom is 0.351 e. The van der Waals surface area contributed by atoms with Gasteiger partial charge in [-0.25, -0.2) is 9.59 Å². The van der Waals surface area contributed by atoms with Gasteiger partial charge >= 0.3 is 11.6 Å². The van der Waals surface area contributed by atoms with Gasteiger partial charge in [0.05, 0.1) is 4.47 Å². The number of fused-ring (bicyclic) bond motifs is 1. The average molecular weight is 303 g/mol. The molecule has 0 aliphatic carbocycles. The number of aromatic carboxylic acids is 1. The zero-order valence-corrected chi connectivity index (χ0v) is 10.0. The number of hydrogen-bond donors (Lipinski definition) is 1. The Labute approximate surface area is 103 Å². The molecule has 4 nitrogen and oxygen atoms in total. The first-order valence-electron chi connectivity index (χ1n) is 4.15. The Morgan fingerprint density at radius 3 is 2.69 bits per heavy atom. The summed E-state index contributed by atoms with van der Waals surface area (Å²) in [6.07, 6.45) is 0. The Morgan fingerprint density at radius 1 is 1.38 bits per heavy atom. The third kappa shape index (κ3) is 1.83. The summed E-state index contributed by atoms with van der Waals surface area (Å²) in [5.41, 5.74) is -1.02. The monoisotopic (exact) mass is 302 g/mol. The van der Waals surface area contributed by atoms with Crippen LogP contribution in [0.4, 0.5) is 0 Å². The van der Waals surface area contributed by atoms with Gasteiger partial charge < -0.3 is 9.52 Å². The van der Waals surface area contributed by atoms with Crippen LogP contribution < -0.4 is 5.63 Å². The van der Waals surface area contributed by atoms with Crippen LogP contribution in [0.1, 0.15) is 10.4 Å². The third-order valence-corrected chi connectivity index (χ3v) is 2.79. The first-order valence-corrected chi connectivity index (χ1v) is 5.32. The fourth-order valence-electron chi connectivity index (χ4n) is 1.31. The topological polar surface area (TPSA) is 67.5 Å². The first-order chi connectivity index (χ1) is 7.49. The van der Waals surface area contributed by atoms with Crippen LogP contribution in [0.2, 0.25) is 5.02 Å². The van der Waals surface area contributed by atoms with E-state index >= 15 is 0 Å². The van der Waals surface area contributed by atoms with Gasteiger partial charge in [0, 0.05) is 10.4 Å². The van der Waals surface area contributed by atoms with Crippen LogP contribution in [0.3, 0.4) is 0 Å². The molecule has 0 spiro atoms. The van der Waals surface area contributed by atoms with Crippen LogP contribution in [0, 0.1) is 0 Å². The van der Waals surface area contributed by atoms with Crippen molar-refractivity contribution in [1.82, 2.24) is 0 Å². The minimum Gasteiger partial charge on any atom is -0.477 e. The molecule has 2 aromatic rings. The molecule has 0 saturated heterocycles. The lowest BCUT2D eigenvalue weighted by Crippen LogP contribution is -2.12. The molecule has 1 heterocycles. The number of halogens is 2. The van der Waals surface area contributed by atoms with Crippen LogP contribution in [0.15, 0.2) is 31.9 Å². The average Bonchev–Trinajstić information content (AvgIpc) is 2.18. The number of rotatable bonds is 1. The van der Waals surface area contributed by atoms with E-state index in [2.05, 4.69) is 15.9 Å². The van der Waals surface area contributed by atoms with Gasteiger partial charge in [-0.1, -0.05) is 11.6 Å². The maximum absolute atomic E-state index is 11.3. The summed E-state index contributed by atoms with van der Waals surface area (Å²) in [6, 6.07) is 4.32. The lowest BCUT2D eigenvalue weighted by molar-refractivity contribution is 0.0692. The van der Waals surface area contributed by atoms with Crippen LogP contribution in [-0.2, 0) is 0 Å². The van der Waals surface area contributed by atoms with E-state index in [1.165, 1.54) is 12.1 Å². The predicted octanol–water partition coefficient (Wildman–Crippen LogP) is 2.91. The molecule has 1 N–H and O–H groups in total. The van der Waals surface area contributed by atoms with Gasteiger partial charge in [-0.2, -0.15) is 0 Å². The van der Waals surface area contributed by atoms with Crippen molar-refractivity contribution < 1.29 is 14.3 Å². The van der Waals surface area contributed by atoms with Crippen molar-refractivity contribution in [2.45, 2.75) is 0 Å². The number of hydrogen-bond acceptors (Lipinski definition) is 3. The quantitative estimate of drug-likeness (QED) is 0.823. The van der Waals surface area contributed by atoms with Crippen molar-refractivity contribution in [3.63, 3.8) is 0 Å². The fraction of sp³-hybridized carbons (Fsp3) is 0. The molecular weight excluding hydrogens is 299 g/mol. The zero-order valence-electron chi connectivity index (χ0n) is 7.66. The molecule has 16 heavy (non-hydrogen) atoms. The molecule has 0 aliphatic heterocycles. The Kier molecular flexibility index (Phi) is 2.73. The predicted molar refractivity (Wildman–Crippen MR) is 62.2 cm³/mol. The molecule has 0 fully saturated rings. The van der Waals surface area contributed by atoms with Gasteiger partial charge in [0.1, 0.15) is 5.56 Å². The van der Waals surface area contributed by atoms with Crippen LogP contribution in [0.25, 0.3) is 11.0 Å². The molecule has 0 radical (unpaired) electrons. The number of benzene rings is 1. The number of carbonyl (C=O) groups is 1. The van der Waals surface area contributed by atoms with Crippen molar-refractivity contribution >= 4 is 44.5 Å². The standard InChI is InChI=1S/C10H4BrClO4/c11-7-3-5(12)1-4-2-6(9(13)14)10(15)16-8(4)7/h1-3H,(H,13,14). The van der Waals surface area contributed by atoms with Crippen molar-refractivity contribution in [1.29, 1.82) is 0 Å². The second-order valence-electron chi connectivity index (χ2n) is 3.06. The highest BCUT2D eigenvalue weighted by Gasteiger charge is 2.13. The lowest BCUT2D eigenvalue weighted by Gasteiger charge is -2.01. The Bertz CT molecular complexity index is 647. The van der Waals surface area contributed by atoms with Crippen molar-refractivity contribution in [2.75, 3.05) is 0 Å². The van der Waals surface area contributed by atoms with Gasteiger partial charge in [0.25, 0.3) is 0 Å². The highest BCUT2D eigenvalue weighted by Crippen LogP contribution is 2.27. The van der Waals surface area contributed by atoms with Crippen molar-refractivity contribution in [2.24, 2.45) is 0 Å². The molecule has 0 unspecified atom stereocenters. The van der Waals surface area contributed by atoms with Gasteiger partial charge in [-0.05, 0) is 34.1 Å². The largest absolute Gasteiger partial charge is 0.477 e. The van der Waals surface area contributed by atoms with Crippen LogP contribution in [0.5, 0.6) is 0 Å². The van der Waals surface area contributed by atoms with Crippen molar-refractivity contribution in [3.05, 3.63) is 43.7 Å². The fourth-order valence-corrected chi connectivity index (χ4v) is 2.22. The molecule has 0 aliphatic rings. The normalized spacial score (nSPS) is 10.6. The summed E-state index contributed by atoms with van der Waals surface area (Å²) in [7, 11) is 0. The van der Waals surface area contributed by atoms with E-state index < -0.39 is 17.2 Å². The smallest absolute Gasteiger partial charge is 0.351 e. The Hall–Kier alpha value is -1.33. The Balaban J connectivity index is 2.90. The molecule has 82 valence electrons. The van der Waals surface area contributed by atoms with Gasteiger partial charge in [0.15, 0.2) is 5.58 Å². The minimum absolute atomic E-state index is 0.277. The number of carboxylic acid groups (broad SMARTS) is 1. The van der Waals surface area contributed by atoms with Crippen molar-refractivity contribution in [3.8, 4) is 0 Å². The minimum atomic E-state index is -1.33. The lowest BCUT2D eigenvalue weighted by atomic mass is 10.2. The SMILES string of the molecule is O=C(O)c1cc2cc(Cl)cc(Br)c2oc1=O. The maximum atomic E-state index is 11.3. The molecule has 6 heteroatoms. The molecule has 1 aromatic heterocycles. The molecular formula is C10H4BrClO4. The second kappa shape index (κ2) is 3.92. The second-order valence-corrected chi connectivity index (χ2v) is 4.35. The van der Waals surface area contributed by atoms with E-state index in [4.69, 9.17) is 21.1 Å². The van der Waals surface area contributed by atoms with Gasteiger partial charge in [-0.15, -0.1) is 0 Å². The molecule has 0 saturated carbocycles. The summed E-state index contributed by atoms with van der Waals surface area (Å²) in [5.74, 6) is -1.33. The van der Waals surface area contributed by atoms with E-state index in [-0.39, 0.29) is 5.58 Å². The summed E-state index contributed by atoms with van der Waals surface area (Å²) in [6.45, 7) is 0. The molecule has 0 amide bonds. The van der Waals surface area contributed by atoms with Gasteiger partial charge in [0.2, 0.25) is 0 Å². The summed E-state index contributed by atoms with van der Waals surface area (Å²) >= 11 is 8.98. The molecule has 0 bridgehead atoms. The zero-order chi connectivity index (χ0) is 11.9. The van der Waals surface area contributed by atoms with E-state index in [1.54, 1.807) is 6.07 Å². The first kappa shape index (κ1) is 11.2. The highest BCUT2D eigenvalue weighted by atomic mass is 79.9. The molecule has 1 aromatic carbocycles. The van der Waals surface area contributed by atoms with Crippen LogP contribution in [-0.4, -0.2) is 11.1 Å². The molecule has 2 rings (SSSR count). The third-order valence-electron chi connectivity index (χ3n) is 1.98. The Morgan fingerprint density at radius 2 is 2.06 bits per heavy atom. The van der Waals surface area contributed by atoms with E-state index in [1.807, 2.05) is 0 Å². The highest BCUT2D eigenvalue weighted by molar-refractivity contribution is 9.10. The van der Waals surface area contributed by atoms with E-state index in [9.17, 15) is 9.59 Å². The van der Waals surface area contributed by atoms with Crippen LogP contribution >= 0.6 is 27.5 Å².